The van der Waals surface area contributed by atoms with Gasteiger partial charge in [-0.3, -0.25) is 0 Å². The highest BCUT2D eigenvalue weighted by atomic mass is 16.7. The predicted molar refractivity (Wildman–Crippen MR) is 121 cm³/mol. The number of rotatable bonds is 3. The molecule has 0 bridgehead atoms. The molecule has 0 radical (unpaired) electrons. The molecule has 1 saturated heterocycles. The molecule has 2 aromatic carbocycles. The first-order valence-corrected chi connectivity index (χ1v) is 11.3. The number of fused-ring (bicyclic) bond motifs is 1. The summed E-state index contributed by atoms with van der Waals surface area (Å²) >= 11 is 0. The molecule has 2 aromatic rings. The van der Waals surface area contributed by atoms with Crippen molar-refractivity contribution in [3.63, 3.8) is 0 Å². The second kappa shape index (κ2) is 8.03. The number of phenols is 1. The van der Waals surface area contributed by atoms with Gasteiger partial charge in [0.15, 0.2) is 11.5 Å². The van der Waals surface area contributed by atoms with Crippen LogP contribution in [-0.2, 0) is 15.6 Å². The van der Waals surface area contributed by atoms with E-state index in [9.17, 15) is 5.11 Å². The van der Waals surface area contributed by atoms with Crippen molar-refractivity contribution in [2.24, 2.45) is 0 Å². The van der Waals surface area contributed by atoms with Gasteiger partial charge in [0.25, 0.3) is 0 Å². The smallest absolute Gasteiger partial charge is 0.231 e. The summed E-state index contributed by atoms with van der Waals surface area (Å²) in [6, 6.07) is 10.8. The summed E-state index contributed by atoms with van der Waals surface area (Å²) in [5.41, 5.74) is 4.08. The van der Waals surface area contributed by atoms with E-state index in [0.717, 1.165) is 48.9 Å². The average molecular weight is 427 g/mol. The first-order chi connectivity index (χ1) is 14.6. The summed E-state index contributed by atoms with van der Waals surface area (Å²) in [6.07, 6.45) is 0. The molecule has 31 heavy (non-hydrogen) atoms. The molecule has 1 atom stereocenters. The van der Waals surface area contributed by atoms with Crippen LogP contribution in [0.3, 0.4) is 0 Å². The maximum Gasteiger partial charge on any atom is 0.231 e. The minimum Gasteiger partial charge on any atom is -0.507 e. The monoisotopic (exact) mass is 426 g/mol. The van der Waals surface area contributed by atoms with Gasteiger partial charge < -0.3 is 24.2 Å². The van der Waals surface area contributed by atoms with Gasteiger partial charge >= 0.3 is 0 Å². The van der Waals surface area contributed by atoms with Crippen molar-refractivity contribution in [2.45, 2.75) is 58.4 Å². The van der Waals surface area contributed by atoms with Gasteiger partial charge in [0.2, 0.25) is 6.79 Å². The van der Waals surface area contributed by atoms with Crippen LogP contribution >= 0.6 is 0 Å². The predicted octanol–water partition coefficient (Wildman–Crippen LogP) is 3.72. The van der Waals surface area contributed by atoms with E-state index < -0.39 is 0 Å². The lowest BCUT2D eigenvalue weighted by molar-refractivity contribution is -0.933. The quantitative estimate of drug-likeness (QED) is 0.786. The zero-order valence-electron chi connectivity index (χ0n) is 19.7. The number of hydrogen-bond donors (Lipinski definition) is 2. The molecule has 2 N–H and O–H groups in total. The van der Waals surface area contributed by atoms with Gasteiger partial charge in [0, 0.05) is 22.3 Å². The Hall–Kier alpha value is -2.24. The summed E-state index contributed by atoms with van der Waals surface area (Å²) in [7, 11) is 0. The zero-order chi connectivity index (χ0) is 22.4. The van der Waals surface area contributed by atoms with E-state index in [1.54, 1.807) is 0 Å². The summed E-state index contributed by atoms with van der Waals surface area (Å²) in [5, 5.41) is 11.2. The molecule has 5 nitrogen and oxygen atoms in total. The SMILES string of the molecule is CC(C)(C)c1cc([C@H](c2ccc3c(c2)OCO3)[NH+]2CCOCC2)cc(C(C)(C)C)c1O. The van der Waals surface area contributed by atoms with Gasteiger partial charge in [-0.1, -0.05) is 41.5 Å². The summed E-state index contributed by atoms with van der Waals surface area (Å²) < 4.78 is 16.9. The van der Waals surface area contributed by atoms with Crippen molar-refractivity contribution in [3.8, 4) is 17.2 Å². The van der Waals surface area contributed by atoms with Gasteiger partial charge in [0.05, 0.1) is 13.2 Å². The summed E-state index contributed by atoms with van der Waals surface area (Å²) in [5.74, 6) is 2.03. The normalized spacial score (nSPS) is 18.3. The number of phenolic OH excluding ortho intramolecular Hbond substituents is 1. The number of benzene rings is 2. The Morgan fingerprint density at radius 2 is 1.39 bits per heavy atom. The Kier molecular flexibility index (Phi) is 5.69. The summed E-state index contributed by atoms with van der Waals surface area (Å²) in [6.45, 7) is 16.6. The Morgan fingerprint density at radius 1 is 0.806 bits per heavy atom. The molecule has 0 spiro atoms. The minimum atomic E-state index is -0.167. The lowest BCUT2D eigenvalue weighted by atomic mass is 9.77. The Bertz CT molecular complexity index is 914. The molecule has 4 rings (SSSR count). The molecule has 0 aliphatic carbocycles. The minimum absolute atomic E-state index is 0.126. The fourth-order valence-corrected chi connectivity index (χ4v) is 4.65. The number of quaternary nitrogens is 1. The first kappa shape index (κ1) is 22.0. The van der Waals surface area contributed by atoms with Crippen LogP contribution in [0.2, 0.25) is 0 Å². The van der Waals surface area contributed by atoms with Crippen LogP contribution in [-0.4, -0.2) is 38.2 Å². The number of nitrogens with one attached hydrogen (secondary N) is 1. The van der Waals surface area contributed by atoms with Crippen LogP contribution in [0.25, 0.3) is 0 Å². The van der Waals surface area contributed by atoms with E-state index in [1.807, 2.05) is 6.07 Å². The molecular weight excluding hydrogens is 390 g/mol. The number of ether oxygens (including phenoxy) is 3. The van der Waals surface area contributed by atoms with Crippen LogP contribution in [0.1, 0.15) is 69.8 Å². The highest BCUT2D eigenvalue weighted by Crippen LogP contribution is 2.42. The third-order valence-corrected chi connectivity index (χ3v) is 6.35. The topological polar surface area (TPSA) is 52.4 Å². The molecule has 2 aliphatic heterocycles. The van der Waals surface area contributed by atoms with Gasteiger partial charge in [-0.2, -0.15) is 0 Å². The van der Waals surface area contributed by atoms with Gasteiger partial charge in [-0.05, 0) is 41.2 Å². The van der Waals surface area contributed by atoms with Crippen LogP contribution in [0, 0.1) is 0 Å². The van der Waals surface area contributed by atoms with E-state index in [1.165, 1.54) is 16.0 Å². The van der Waals surface area contributed by atoms with E-state index in [2.05, 4.69) is 65.8 Å². The van der Waals surface area contributed by atoms with Crippen LogP contribution < -0.4 is 14.4 Å². The van der Waals surface area contributed by atoms with Crippen molar-refractivity contribution in [2.75, 3.05) is 33.1 Å². The average Bonchev–Trinajstić information content (AvgIpc) is 3.16. The van der Waals surface area contributed by atoms with E-state index in [4.69, 9.17) is 14.2 Å². The van der Waals surface area contributed by atoms with Crippen molar-refractivity contribution in [1.82, 2.24) is 0 Å². The first-order valence-electron chi connectivity index (χ1n) is 11.3. The highest BCUT2D eigenvalue weighted by molar-refractivity contribution is 5.53. The third-order valence-electron chi connectivity index (χ3n) is 6.35. The summed E-state index contributed by atoms with van der Waals surface area (Å²) in [4.78, 5) is 1.47. The molecule has 1 fully saturated rings. The second-order valence-corrected chi connectivity index (χ2v) is 10.8. The lowest BCUT2D eigenvalue weighted by Crippen LogP contribution is -3.14. The van der Waals surface area contributed by atoms with Crippen LogP contribution in [0.4, 0.5) is 0 Å². The Balaban J connectivity index is 1.90. The van der Waals surface area contributed by atoms with Crippen molar-refractivity contribution in [1.29, 1.82) is 0 Å². The van der Waals surface area contributed by atoms with Gasteiger partial charge in [0.1, 0.15) is 24.9 Å². The zero-order valence-corrected chi connectivity index (χ0v) is 19.7. The maximum absolute atomic E-state index is 11.2. The molecule has 2 aliphatic rings. The molecule has 5 heteroatoms. The fourth-order valence-electron chi connectivity index (χ4n) is 4.65. The highest BCUT2D eigenvalue weighted by Gasteiger charge is 2.34. The van der Waals surface area contributed by atoms with E-state index >= 15 is 0 Å². The van der Waals surface area contributed by atoms with Gasteiger partial charge in [-0.15, -0.1) is 0 Å². The molecule has 0 aromatic heterocycles. The number of morpholine rings is 1. The van der Waals surface area contributed by atoms with Gasteiger partial charge in [-0.25, -0.2) is 0 Å². The van der Waals surface area contributed by atoms with Crippen molar-refractivity contribution < 1.29 is 24.2 Å². The molecule has 0 amide bonds. The fraction of sp³-hybridized carbons (Fsp3) is 0.538. The van der Waals surface area contributed by atoms with Crippen molar-refractivity contribution >= 4 is 0 Å². The number of aromatic hydroxyl groups is 1. The van der Waals surface area contributed by atoms with E-state index in [0.29, 0.717) is 5.75 Å². The standard InChI is InChI=1S/C26H35NO4/c1-25(2,3)19-13-18(14-20(24(19)28)26(4,5)6)23(27-9-11-29-12-10-27)17-7-8-21-22(15-17)31-16-30-21/h7-8,13-15,23,28H,9-12,16H2,1-6H3/p+1/t23-/m0/s1. The molecule has 0 saturated carbocycles. The Morgan fingerprint density at radius 3 is 1.97 bits per heavy atom. The molecule has 168 valence electrons. The third kappa shape index (κ3) is 4.39. The van der Waals surface area contributed by atoms with Crippen LogP contribution in [0.15, 0.2) is 30.3 Å². The molecular formula is C26H36NO4+. The van der Waals surface area contributed by atoms with Crippen LogP contribution in [0.5, 0.6) is 17.2 Å². The Labute approximate surface area is 185 Å². The number of hydrogen-bond acceptors (Lipinski definition) is 4. The lowest BCUT2D eigenvalue weighted by Gasteiger charge is -2.34. The van der Waals surface area contributed by atoms with Crippen molar-refractivity contribution in [3.05, 3.63) is 52.6 Å². The largest absolute Gasteiger partial charge is 0.507 e. The van der Waals surface area contributed by atoms with E-state index in [-0.39, 0.29) is 23.7 Å². The molecule has 2 heterocycles. The maximum atomic E-state index is 11.2. The second-order valence-electron chi connectivity index (χ2n) is 10.8. The molecule has 0 unspecified atom stereocenters.